The van der Waals surface area contributed by atoms with Gasteiger partial charge in [-0.2, -0.15) is 0 Å². The number of amides is 2. The molecular formula is C22H26N4O3. The number of nitrogens with zero attached hydrogens (tertiary/aromatic N) is 2. The molecular weight excluding hydrogens is 368 g/mol. The Morgan fingerprint density at radius 2 is 1.55 bits per heavy atom. The average Bonchev–Trinajstić information content (AvgIpc) is 2.89. The van der Waals surface area contributed by atoms with Crippen LogP contribution in [0.15, 0.2) is 47.3 Å². The summed E-state index contributed by atoms with van der Waals surface area (Å²) >= 11 is 0. The van der Waals surface area contributed by atoms with Gasteiger partial charge in [0.1, 0.15) is 0 Å². The van der Waals surface area contributed by atoms with Crippen molar-refractivity contribution in [2.24, 2.45) is 14.1 Å². The molecule has 0 atom stereocenters. The monoisotopic (exact) mass is 394 g/mol. The Balaban J connectivity index is 1.62. The van der Waals surface area contributed by atoms with E-state index in [0.717, 1.165) is 16.6 Å². The number of nitrogens with one attached hydrogen (secondary N) is 2. The number of benzene rings is 2. The van der Waals surface area contributed by atoms with Gasteiger partial charge in [0.2, 0.25) is 5.91 Å². The van der Waals surface area contributed by atoms with Crippen molar-refractivity contribution in [2.75, 3.05) is 11.9 Å². The summed E-state index contributed by atoms with van der Waals surface area (Å²) in [5.41, 5.74) is 3.59. The third kappa shape index (κ3) is 4.23. The molecule has 152 valence electrons. The molecule has 7 nitrogen and oxygen atoms in total. The molecule has 0 fully saturated rings. The zero-order chi connectivity index (χ0) is 21.3. The van der Waals surface area contributed by atoms with Crippen LogP contribution in [0, 0.1) is 0 Å². The second-order valence-electron chi connectivity index (χ2n) is 8.16. The first-order valence-electron chi connectivity index (χ1n) is 9.42. The molecule has 7 heteroatoms. The van der Waals surface area contributed by atoms with E-state index in [4.69, 9.17) is 0 Å². The normalized spacial score (nSPS) is 11.5. The number of fused-ring (bicyclic) bond motifs is 1. The zero-order valence-corrected chi connectivity index (χ0v) is 17.4. The minimum absolute atomic E-state index is 0.0121. The summed E-state index contributed by atoms with van der Waals surface area (Å²) in [5.74, 6) is -0.647. The Morgan fingerprint density at radius 1 is 0.931 bits per heavy atom. The van der Waals surface area contributed by atoms with E-state index in [1.165, 1.54) is 4.57 Å². The highest BCUT2D eigenvalue weighted by Crippen LogP contribution is 2.22. The summed E-state index contributed by atoms with van der Waals surface area (Å²) in [4.78, 5) is 36.5. The molecule has 1 aromatic heterocycles. The molecule has 3 aromatic rings. The lowest BCUT2D eigenvalue weighted by Gasteiger charge is -2.19. The lowest BCUT2D eigenvalue weighted by atomic mass is 9.87. The Bertz CT molecular complexity index is 1130. The fraction of sp³-hybridized carbons (Fsp3) is 0.318. The van der Waals surface area contributed by atoms with E-state index in [1.54, 1.807) is 49.0 Å². The Morgan fingerprint density at radius 3 is 2.17 bits per heavy atom. The van der Waals surface area contributed by atoms with E-state index in [-0.39, 0.29) is 29.5 Å². The van der Waals surface area contributed by atoms with Crippen molar-refractivity contribution in [1.82, 2.24) is 14.5 Å². The largest absolute Gasteiger partial charge is 0.343 e. The van der Waals surface area contributed by atoms with Crippen molar-refractivity contribution in [3.05, 3.63) is 64.1 Å². The van der Waals surface area contributed by atoms with Crippen LogP contribution in [0.3, 0.4) is 0 Å². The topological polar surface area (TPSA) is 85.1 Å². The number of aryl methyl sites for hydroxylation is 2. The van der Waals surface area contributed by atoms with Crippen molar-refractivity contribution in [3.63, 3.8) is 0 Å². The van der Waals surface area contributed by atoms with Crippen LogP contribution in [0.1, 0.15) is 36.7 Å². The maximum atomic E-state index is 12.3. The molecule has 2 amide bonds. The summed E-state index contributed by atoms with van der Waals surface area (Å²) in [6.45, 7) is 6.18. The second kappa shape index (κ2) is 7.58. The Labute approximate surface area is 169 Å². The van der Waals surface area contributed by atoms with Gasteiger partial charge in [0.05, 0.1) is 17.6 Å². The van der Waals surface area contributed by atoms with Crippen LogP contribution >= 0.6 is 0 Å². The third-order valence-electron chi connectivity index (χ3n) is 4.98. The summed E-state index contributed by atoms with van der Waals surface area (Å²) in [7, 11) is 3.38. The SMILES string of the molecule is Cn1c(=O)n(C)c2cc(NC(=O)CNC(=O)c3ccc(C(C)(C)C)cc3)ccc21. The smallest absolute Gasteiger partial charge is 0.328 e. The molecule has 2 N–H and O–H groups in total. The molecule has 3 rings (SSSR count). The Kier molecular flexibility index (Phi) is 5.33. The average molecular weight is 394 g/mol. The van der Waals surface area contributed by atoms with E-state index < -0.39 is 0 Å². The van der Waals surface area contributed by atoms with Gasteiger partial charge in [0, 0.05) is 25.3 Å². The molecule has 29 heavy (non-hydrogen) atoms. The molecule has 0 saturated carbocycles. The summed E-state index contributed by atoms with van der Waals surface area (Å²) < 4.78 is 3.07. The Hall–Kier alpha value is -3.35. The summed E-state index contributed by atoms with van der Waals surface area (Å²) in [6, 6.07) is 12.6. The molecule has 0 radical (unpaired) electrons. The van der Waals surface area contributed by atoms with Crippen molar-refractivity contribution in [1.29, 1.82) is 0 Å². The van der Waals surface area contributed by atoms with Crippen LogP contribution in [0.25, 0.3) is 11.0 Å². The standard InChI is InChI=1S/C22H26N4O3/c1-22(2,3)15-8-6-14(7-9-15)20(28)23-13-19(27)24-16-10-11-17-18(12-16)26(5)21(29)25(17)4/h6-12H,13H2,1-5H3,(H,23,28)(H,24,27). The minimum Gasteiger partial charge on any atom is -0.343 e. The molecule has 0 bridgehead atoms. The van der Waals surface area contributed by atoms with Gasteiger partial charge in [0.15, 0.2) is 0 Å². The highest BCUT2D eigenvalue weighted by molar-refractivity contribution is 6.00. The van der Waals surface area contributed by atoms with Crippen molar-refractivity contribution in [3.8, 4) is 0 Å². The summed E-state index contributed by atoms with van der Waals surface area (Å²) in [5, 5.41) is 5.38. The lowest BCUT2D eigenvalue weighted by Crippen LogP contribution is -2.32. The predicted octanol–water partition coefficient (Wildman–Crippen LogP) is 2.54. The number of carbonyl (C=O) groups is 2. The van der Waals surface area contributed by atoms with Crippen molar-refractivity contribution in [2.45, 2.75) is 26.2 Å². The fourth-order valence-corrected chi connectivity index (χ4v) is 3.17. The van der Waals surface area contributed by atoms with Crippen LogP contribution in [-0.4, -0.2) is 27.5 Å². The fourth-order valence-electron chi connectivity index (χ4n) is 3.17. The van der Waals surface area contributed by atoms with Gasteiger partial charge in [-0.05, 0) is 41.3 Å². The van der Waals surface area contributed by atoms with Crippen LogP contribution in [-0.2, 0) is 24.3 Å². The number of hydrogen-bond donors (Lipinski definition) is 2. The number of carbonyl (C=O) groups excluding carboxylic acids is 2. The third-order valence-corrected chi connectivity index (χ3v) is 4.98. The molecule has 1 heterocycles. The van der Waals surface area contributed by atoms with Crippen LogP contribution in [0.4, 0.5) is 5.69 Å². The molecule has 0 aliphatic carbocycles. The number of hydrogen-bond acceptors (Lipinski definition) is 3. The minimum atomic E-state index is -0.343. The van der Waals surface area contributed by atoms with Gasteiger partial charge in [0.25, 0.3) is 5.91 Å². The molecule has 0 aliphatic heterocycles. The first kappa shape index (κ1) is 20.4. The first-order chi connectivity index (χ1) is 13.6. The van der Waals surface area contributed by atoms with Gasteiger partial charge in [-0.3, -0.25) is 18.7 Å². The molecule has 0 spiro atoms. The van der Waals surface area contributed by atoms with Gasteiger partial charge in [-0.15, -0.1) is 0 Å². The van der Waals surface area contributed by atoms with Crippen molar-refractivity contribution < 1.29 is 9.59 Å². The van der Waals surface area contributed by atoms with E-state index in [0.29, 0.717) is 11.3 Å². The van der Waals surface area contributed by atoms with E-state index in [1.807, 2.05) is 12.1 Å². The first-order valence-corrected chi connectivity index (χ1v) is 9.42. The van der Waals surface area contributed by atoms with E-state index in [2.05, 4.69) is 31.4 Å². The van der Waals surface area contributed by atoms with E-state index in [9.17, 15) is 14.4 Å². The number of imidazole rings is 1. The van der Waals surface area contributed by atoms with Gasteiger partial charge in [-0.25, -0.2) is 4.79 Å². The molecule has 0 saturated heterocycles. The quantitative estimate of drug-likeness (QED) is 0.713. The lowest BCUT2D eigenvalue weighted by molar-refractivity contribution is -0.115. The highest BCUT2D eigenvalue weighted by atomic mass is 16.2. The van der Waals surface area contributed by atoms with Gasteiger partial charge in [-0.1, -0.05) is 32.9 Å². The second-order valence-corrected chi connectivity index (χ2v) is 8.16. The van der Waals surface area contributed by atoms with Gasteiger partial charge >= 0.3 is 5.69 Å². The molecule has 0 unspecified atom stereocenters. The zero-order valence-electron chi connectivity index (χ0n) is 17.4. The number of aromatic nitrogens is 2. The predicted molar refractivity (Wildman–Crippen MR) is 114 cm³/mol. The summed E-state index contributed by atoms with van der Waals surface area (Å²) in [6.07, 6.45) is 0. The van der Waals surface area contributed by atoms with Gasteiger partial charge < -0.3 is 10.6 Å². The van der Waals surface area contributed by atoms with Crippen molar-refractivity contribution >= 4 is 28.5 Å². The maximum Gasteiger partial charge on any atom is 0.328 e. The number of anilines is 1. The molecule has 0 aliphatic rings. The maximum absolute atomic E-state index is 12.3. The number of rotatable bonds is 4. The van der Waals surface area contributed by atoms with Crippen LogP contribution in [0.5, 0.6) is 0 Å². The highest BCUT2D eigenvalue weighted by Gasteiger charge is 2.15. The van der Waals surface area contributed by atoms with Crippen LogP contribution in [0.2, 0.25) is 0 Å². The van der Waals surface area contributed by atoms with Crippen LogP contribution < -0.4 is 16.3 Å². The molecule has 2 aromatic carbocycles. The van der Waals surface area contributed by atoms with E-state index >= 15 is 0 Å².